The zero-order valence-corrected chi connectivity index (χ0v) is 15.9. The number of ether oxygens (including phenoxy) is 1. The van der Waals surface area contributed by atoms with E-state index in [9.17, 15) is 9.00 Å². The molecule has 0 bridgehead atoms. The van der Waals surface area contributed by atoms with Crippen molar-refractivity contribution in [2.45, 2.75) is 37.8 Å². The molecule has 2 heterocycles. The van der Waals surface area contributed by atoms with Gasteiger partial charge in [-0.3, -0.25) is 9.00 Å². The normalized spacial score (nSPS) is 16.6. The molecule has 3 rings (SSSR count). The van der Waals surface area contributed by atoms with Crippen LogP contribution in [0.3, 0.4) is 0 Å². The number of carbonyl (C=O) groups excluding carboxylic acids is 1. The summed E-state index contributed by atoms with van der Waals surface area (Å²) in [4.78, 5) is 12.3. The van der Waals surface area contributed by atoms with Crippen molar-refractivity contribution in [3.8, 4) is 5.75 Å². The molecule has 0 aliphatic carbocycles. The molecule has 1 aliphatic rings. The van der Waals surface area contributed by atoms with Gasteiger partial charge < -0.3 is 10.1 Å². The highest BCUT2D eigenvalue weighted by molar-refractivity contribution is 7.83. The minimum Gasteiger partial charge on any atom is -0.484 e. The lowest BCUT2D eigenvalue weighted by Gasteiger charge is -2.23. The van der Waals surface area contributed by atoms with Crippen molar-refractivity contribution in [2.75, 3.05) is 11.9 Å². The lowest BCUT2D eigenvalue weighted by Crippen LogP contribution is -2.29. The SMILES string of the molecule is CC(C)(C)n1nc2c(c1NC(=O)COc1ccc(Cl)cc1)C[S@@](=O)C2. The fraction of sp³-hybridized carbons (Fsp3) is 0.412. The maximum Gasteiger partial charge on any atom is 0.263 e. The first-order valence-corrected chi connectivity index (χ1v) is 9.75. The predicted molar refractivity (Wildman–Crippen MR) is 98.4 cm³/mol. The summed E-state index contributed by atoms with van der Waals surface area (Å²) in [7, 11) is -0.955. The Morgan fingerprint density at radius 3 is 2.64 bits per heavy atom. The number of hydrogen-bond acceptors (Lipinski definition) is 4. The van der Waals surface area contributed by atoms with Crippen LogP contribution in [0.1, 0.15) is 32.0 Å². The van der Waals surface area contributed by atoms with Crippen LogP contribution < -0.4 is 10.1 Å². The van der Waals surface area contributed by atoms with Gasteiger partial charge in [-0.15, -0.1) is 0 Å². The molecule has 1 atom stereocenters. The highest BCUT2D eigenvalue weighted by Gasteiger charge is 2.31. The number of hydrogen-bond donors (Lipinski definition) is 1. The maximum atomic E-state index is 12.3. The summed E-state index contributed by atoms with van der Waals surface area (Å²) in [5, 5.41) is 8.03. The van der Waals surface area contributed by atoms with Gasteiger partial charge in [0.25, 0.3) is 5.91 Å². The van der Waals surface area contributed by atoms with E-state index in [1.165, 1.54) is 0 Å². The van der Waals surface area contributed by atoms with Crippen molar-refractivity contribution in [3.63, 3.8) is 0 Å². The van der Waals surface area contributed by atoms with E-state index in [1.807, 2.05) is 20.8 Å². The number of anilines is 1. The monoisotopic (exact) mass is 381 g/mol. The molecule has 25 heavy (non-hydrogen) atoms. The van der Waals surface area contributed by atoms with Crippen LogP contribution in [0, 0.1) is 0 Å². The Hall–Kier alpha value is -1.86. The largest absolute Gasteiger partial charge is 0.484 e. The minimum atomic E-state index is -0.955. The van der Waals surface area contributed by atoms with Crippen molar-refractivity contribution in [1.29, 1.82) is 0 Å². The quantitative estimate of drug-likeness (QED) is 0.883. The second-order valence-corrected chi connectivity index (χ2v) is 8.77. The highest BCUT2D eigenvalue weighted by Crippen LogP contribution is 2.32. The molecular formula is C17H20ClN3O3S. The summed E-state index contributed by atoms with van der Waals surface area (Å²) < 4.78 is 19.1. The van der Waals surface area contributed by atoms with E-state index >= 15 is 0 Å². The van der Waals surface area contributed by atoms with E-state index in [1.54, 1.807) is 28.9 Å². The Kier molecular flexibility index (Phi) is 4.88. The molecule has 8 heteroatoms. The number of carbonyl (C=O) groups is 1. The van der Waals surface area contributed by atoms with Crippen LogP contribution in [0.4, 0.5) is 5.82 Å². The Balaban J connectivity index is 1.74. The van der Waals surface area contributed by atoms with E-state index in [2.05, 4.69) is 10.4 Å². The molecule has 6 nitrogen and oxygen atoms in total. The Labute approximate surface area is 154 Å². The van der Waals surface area contributed by atoms with Gasteiger partial charge in [0.1, 0.15) is 11.6 Å². The number of fused-ring (bicyclic) bond motifs is 1. The Morgan fingerprint density at radius 1 is 1.32 bits per heavy atom. The smallest absolute Gasteiger partial charge is 0.263 e. The van der Waals surface area contributed by atoms with Crippen LogP contribution in [0.25, 0.3) is 0 Å². The molecule has 134 valence electrons. The molecule has 1 amide bonds. The number of aromatic nitrogens is 2. The van der Waals surface area contributed by atoms with E-state index in [0.717, 1.165) is 11.3 Å². The van der Waals surface area contributed by atoms with Crippen LogP contribution in [-0.4, -0.2) is 26.5 Å². The summed E-state index contributed by atoms with van der Waals surface area (Å²) in [6, 6.07) is 6.81. The van der Waals surface area contributed by atoms with Gasteiger partial charge in [-0.25, -0.2) is 4.68 Å². The van der Waals surface area contributed by atoms with Crippen molar-refractivity contribution in [3.05, 3.63) is 40.5 Å². The number of amides is 1. The van der Waals surface area contributed by atoms with Gasteiger partial charge in [0.05, 0.1) is 22.7 Å². The average Bonchev–Trinajstić information content (AvgIpc) is 3.04. The summed E-state index contributed by atoms with van der Waals surface area (Å²) in [5.41, 5.74) is 1.35. The minimum absolute atomic E-state index is 0.130. The number of benzene rings is 1. The van der Waals surface area contributed by atoms with Crippen molar-refractivity contribution >= 4 is 34.1 Å². The van der Waals surface area contributed by atoms with Crippen molar-refractivity contribution in [1.82, 2.24) is 9.78 Å². The van der Waals surface area contributed by atoms with Gasteiger partial charge >= 0.3 is 0 Å². The number of halogens is 1. The highest BCUT2D eigenvalue weighted by atomic mass is 35.5. The van der Waals surface area contributed by atoms with Gasteiger partial charge in [0.2, 0.25) is 0 Å². The third-order valence-electron chi connectivity index (χ3n) is 3.75. The van der Waals surface area contributed by atoms with E-state index in [4.69, 9.17) is 16.3 Å². The molecule has 1 aliphatic heterocycles. The first kappa shape index (κ1) is 17.9. The molecular weight excluding hydrogens is 362 g/mol. The van der Waals surface area contributed by atoms with Crippen LogP contribution >= 0.6 is 11.6 Å². The summed E-state index contributed by atoms with van der Waals surface area (Å²) >= 11 is 5.83. The van der Waals surface area contributed by atoms with Gasteiger partial charge in [0.15, 0.2) is 6.61 Å². The standard InChI is InChI=1S/C17H20ClN3O3S/c1-17(2,3)21-16(13-9-25(23)10-14(13)20-21)19-15(22)8-24-12-6-4-11(18)5-7-12/h4-7H,8-10H2,1-3H3,(H,19,22)/t25-/m1/s1. The molecule has 1 aromatic carbocycles. The zero-order valence-electron chi connectivity index (χ0n) is 14.3. The predicted octanol–water partition coefficient (Wildman–Crippen LogP) is 3.07. The third-order valence-corrected chi connectivity index (χ3v) is 5.20. The van der Waals surface area contributed by atoms with Crippen LogP contribution in [0.5, 0.6) is 5.75 Å². The first-order chi connectivity index (χ1) is 11.7. The first-order valence-electron chi connectivity index (χ1n) is 7.88. The number of nitrogens with zero attached hydrogens (tertiary/aromatic N) is 2. The van der Waals surface area contributed by atoms with Crippen LogP contribution in [0.15, 0.2) is 24.3 Å². The molecule has 0 radical (unpaired) electrons. The molecule has 1 N–H and O–H groups in total. The lowest BCUT2D eigenvalue weighted by molar-refractivity contribution is -0.118. The summed E-state index contributed by atoms with van der Waals surface area (Å²) in [5.74, 6) is 1.73. The van der Waals surface area contributed by atoms with Crippen molar-refractivity contribution in [2.24, 2.45) is 0 Å². The Morgan fingerprint density at radius 2 is 2.00 bits per heavy atom. The average molecular weight is 382 g/mol. The fourth-order valence-electron chi connectivity index (χ4n) is 2.59. The molecule has 0 spiro atoms. The number of rotatable bonds is 4. The molecule has 0 saturated heterocycles. The Bertz CT molecular complexity index is 825. The summed E-state index contributed by atoms with van der Waals surface area (Å²) in [6.07, 6.45) is 0. The van der Waals surface area contributed by atoms with E-state index in [-0.39, 0.29) is 18.1 Å². The van der Waals surface area contributed by atoms with Crippen molar-refractivity contribution < 1.29 is 13.7 Å². The second kappa shape index (κ2) is 6.80. The molecule has 0 fully saturated rings. The molecule has 2 aromatic rings. The van der Waals surface area contributed by atoms with E-state index in [0.29, 0.717) is 28.1 Å². The number of nitrogens with one attached hydrogen (secondary N) is 1. The van der Waals surface area contributed by atoms with Gasteiger partial charge in [-0.2, -0.15) is 5.10 Å². The van der Waals surface area contributed by atoms with E-state index < -0.39 is 10.8 Å². The van der Waals surface area contributed by atoms with Crippen LogP contribution in [-0.2, 0) is 32.6 Å². The zero-order chi connectivity index (χ0) is 18.2. The molecule has 0 saturated carbocycles. The lowest BCUT2D eigenvalue weighted by atomic mass is 10.1. The maximum absolute atomic E-state index is 12.3. The van der Waals surface area contributed by atoms with Crippen LogP contribution in [0.2, 0.25) is 5.02 Å². The fourth-order valence-corrected chi connectivity index (χ4v) is 3.98. The second-order valence-electron chi connectivity index (χ2n) is 6.88. The molecule has 1 aromatic heterocycles. The van der Waals surface area contributed by atoms with Gasteiger partial charge in [-0.1, -0.05) is 11.6 Å². The topological polar surface area (TPSA) is 73.2 Å². The van der Waals surface area contributed by atoms with Gasteiger partial charge in [-0.05, 0) is 45.0 Å². The third kappa shape index (κ3) is 4.04. The molecule has 0 unspecified atom stereocenters. The summed E-state index contributed by atoms with van der Waals surface area (Å²) in [6.45, 7) is 5.89. The van der Waals surface area contributed by atoms with Gasteiger partial charge in [0, 0.05) is 21.4 Å².